The molecular weight excluding hydrogens is 228 g/mol. The summed E-state index contributed by atoms with van der Waals surface area (Å²) in [6, 6.07) is 0. The van der Waals surface area contributed by atoms with Gasteiger partial charge in [0.25, 0.3) is 0 Å². The van der Waals surface area contributed by atoms with Gasteiger partial charge < -0.3 is 15.2 Å². The molecule has 0 atom stereocenters. The van der Waals surface area contributed by atoms with E-state index < -0.39 is 0 Å². The molecule has 0 spiro atoms. The number of nitrogens with zero attached hydrogens (tertiary/aromatic N) is 2. The molecule has 0 unspecified atom stereocenters. The number of rotatable bonds is 5. The number of hydrogen-bond acceptors (Lipinski definition) is 3. The fourth-order valence-electron chi connectivity index (χ4n) is 2.37. The molecule has 1 saturated heterocycles. The summed E-state index contributed by atoms with van der Waals surface area (Å²) in [7, 11) is 1.97. The van der Waals surface area contributed by atoms with Gasteiger partial charge in [0.1, 0.15) is 5.82 Å². The summed E-state index contributed by atoms with van der Waals surface area (Å²) in [5.74, 6) is 1.74. The Morgan fingerprint density at radius 1 is 1.56 bits per heavy atom. The van der Waals surface area contributed by atoms with Crippen LogP contribution >= 0.6 is 0 Å². The highest BCUT2D eigenvalue weighted by Crippen LogP contribution is 2.15. The first-order chi connectivity index (χ1) is 8.75. The van der Waals surface area contributed by atoms with Crippen molar-refractivity contribution in [1.29, 1.82) is 0 Å². The third kappa shape index (κ3) is 3.84. The highest BCUT2D eigenvalue weighted by atomic mass is 16.1. The van der Waals surface area contributed by atoms with E-state index in [4.69, 9.17) is 0 Å². The number of aryl methyl sites for hydroxylation is 1. The molecule has 2 heterocycles. The quantitative estimate of drug-likeness (QED) is 0.798. The van der Waals surface area contributed by atoms with Crippen LogP contribution in [0.25, 0.3) is 0 Å². The maximum Gasteiger partial charge on any atom is 0.220 e. The van der Waals surface area contributed by atoms with Gasteiger partial charge in [0.05, 0.1) is 0 Å². The summed E-state index contributed by atoms with van der Waals surface area (Å²) < 4.78 is 1.99. The number of carbonyl (C=O) groups is 1. The molecule has 2 N–H and O–H groups in total. The first kappa shape index (κ1) is 13.1. The molecule has 1 aromatic rings. The Labute approximate surface area is 108 Å². The van der Waals surface area contributed by atoms with Crippen molar-refractivity contribution >= 4 is 5.91 Å². The second-order valence-electron chi connectivity index (χ2n) is 4.95. The van der Waals surface area contributed by atoms with Crippen molar-refractivity contribution in [2.45, 2.75) is 25.7 Å². The summed E-state index contributed by atoms with van der Waals surface area (Å²) in [6.45, 7) is 2.77. The zero-order valence-corrected chi connectivity index (χ0v) is 11.0. The molecule has 0 aromatic carbocycles. The van der Waals surface area contributed by atoms with E-state index in [1.54, 1.807) is 6.20 Å². The first-order valence-electron chi connectivity index (χ1n) is 6.69. The van der Waals surface area contributed by atoms with Gasteiger partial charge in [-0.3, -0.25) is 4.79 Å². The van der Waals surface area contributed by atoms with Crippen LogP contribution in [0.3, 0.4) is 0 Å². The molecule has 0 radical (unpaired) electrons. The highest BCUT2D eigenvalue weighted by molar-refractivity contribution is 5.76. The predicted molar refractivity (Wildman–Crippen MR) is 70.1 cm³/mol. The average Bonchev–Trinajstić information content (AvgIpc) is 2.76. The molecule has 1 aromatic heterocycles. The van der Waals surface area contributed by atoms with Crippen molar-refractivity contribution in [3.63, 3.8) is 0 Å². The highest BCUT2D eigenvalue weighted by Gasteiger charge is 2.16. The van der Waals surface area contributed by atoms with Gasteiger partial charge >= 0.3 is 0 Å². The van der Waals surface area contributed by atoms with Crippen molar-refractivity contribution in [3.8, 4) is 0 Å². The Balaban J connectivity index is 1.64. The maximum atomic E-state index is 11.8. The van der Waals surface area contributed by atoms with E-state index >= 15 is 0 Å². The fraction of sp³-hybridized carbons (Fsp3) is 0.692. The standard InChI is InChI=1S/C13H22N4O/c1-17-9-8-15-12(17)4-7-16-13(18)10-11-2-5-14-6-3-11/h8-9,11,14H,2-7,10H2,1H3,(H,16,18). The topological polar surface area (TPSA) is 59.0 Å². The number of hydrogen-bond donors (Lipinski definition) is 2. The lowest BCUT2D eigenvalue weighted by molar-refractivity contribution is -0.122. The number of nitrogens with one attached hydrogen (secondary N) is 2. The smallest absolute Gasteiger partial charge is 0.220 e. The third-order valence-electron chi connectivity index (χ3n) is 3.52. The maximum absolute atomic E-state index is 11.8. The van der Waals surface area contributed by atoms with Crippen LogP contribution in [-0.4, -0.2) is 35.1 Å². The minimum absolute atomic E-state index is 0.177. The molecule has 1 fully saturated rings. The van der Waals surface area contributed by atoms with Crippen LogP contribution in [0.4, 0.5) is 0 Å². The molecule has 100 valence electrons. The van der Waals surface area contributed by atoms with Crippen LogP contribution in [0.5, 0.6) is 0 Å². The number of piperidine rings is 1. The van der Waals surface area contributed by atoms with Gasteiger partial charge in [-0.05, 0) is 31.8 Å². The molecule has 0 bridgehead atoms. The molecule has 0 saturated carbocycles. The minimum atomic E-state index is 0.177. The van der Waals surface area contributed by atoms with Crippen molar-refractivity contribution in [3.05, 3.63) is 18.2 Å². The van der Waals surface area contributed by atoms with Crippen LogP contribution in [0.1, 0.15) is 25.1 Å². The Kier molecular flexibility index (Phi) is 4.75. The summed E-state index contributed by atoms with van der Waals surface area (Å²) in [4.78, 5) is 16.0. The molecule has 5 heteroatoms. The lowest BCUT2D eigenvalue weighted by Gasteiger charge is -2.21. The zero-order chi connectivity index (χ0) is 12.8. The lowest BCUT2D eigenvalue weighted by Crippen LogP contribution is -2.33. The molecule has 18 heavy (non-hydrogen) atoms. The van der Waals surface area contributed by atoms with E-state index in [0.717, 1.165) is 38.2 Å². The van der Waals surface area contributed by atoms with Crippen molar-refractivity contribution in [1.82, 2.24) is 20.2 Å². The molecule has 0 aliphatic carbocycles. The molecule has 2 rings (SSSR count). The number of aromatic nitrogens is 2. The van der Waals surface area contributed by atoms with Crippen LogP contribution in [0.15, 0.2) is 12.4 Å². The molecular formula is C13H22N4O. The van der Waals surface area contributed by atoms with Crippen molar-refractivity contribution in [2.24, 2.45) is 13.0 Å². The fourth-order valence-corrected chi connectivity index (χ4v) is 2.37. The Hall–Kier alpha value is -1.36. The van der Waals surface area contributed by atoms with Gasteiger partial charge in [0.2, 0.25) is 5.91 Å². The second kappa shape index (κ2) is 6.54. The van der Waals surface area contributed by atoms with E-state index in [-0.39, 0.29) is 5.91 Å². The SMILES string of the molecule is Cn1ccnc1CCNC(=O)CC1CCNCC1. The van der Waals surface area contributed by atoms with Gasteiger partial charge in [-0.25, -0.2) is 4.98 Å². The van der Waals surface area contributed by atoms with Crippen LogP contribution in [0.2, 0.25) is 0 Å². The number of amides is 1. The third-order valence-corrected chi connectivity index (χ3v) is 3.52. The molecule has 5 nitrogen and oxygen atoms in total. The Morgan fingerprint density at radius 3 is 3.00 bits per heavy atom. The monoisotopic (exact) mass is 250 g/mol. The van der Waals surface area contributed by atoms with E-state index in [2.05, 4.69) is 15.6 Å². The average molecular weight is 250 g/mol. The molecule has 1 amide bonds. The van der Waals surface area contributed by atoms with Crippen molar-refractivity contribution < 1.29 is 4.79 Å². The van der Waals surface area contributed by atoms with E-state index in [1.165, 1.54) is 0 Å². The van der Waals surface area contributed by atoms with Gasteiger partial charge in [0.15, 0.2) is 0 Å². The first-order valence-corrected chi connectivity index (χ1v) is 6.69. The second-order valence-corrected chi connectivity index (χ2v) is 4.95. The van der Waals surface area contributed by atoms with E-state index in [0.29, 0.717) is 18.9 Å². The van der Waals surface area contributed by atoms with Crippen LogP contribution < -0.4 is 10.6 Å². The van der Waals surface area contributed by atoms with Crippen LogP contribution in [0, 0.1) is 5.92 Å². The van der Waals surface area contributed by atoms with Gasteiger partial charge in [0, 0.05) is 38.8 Å². The van der Waals surface area contributed by atoms with Gasteiger partial charge in [-0.1, -0.05) is 0 Å². The van der Waals surface area contributed by atoms with E-state index in [9.17, 15) is 4.79 Å². The minimum Gasteiger partial charge on any atom is -0.356 e. The Morgan fingerprint density at radius 2 is 2.33 bits per heavy atom. The molecule has 1 aliphatic rings. The number of imidazole rings is 1. The summed E-state index contributed by atoms with van der Waals surface area (Å²) >= 11 is 0. The number of carbonyl (C=O) groups excluding carboxylic acids is 1. The Bertz CT molecular complexity index is 382. The normalized spacial score (nSPS) is 16.7. The zero-order valence-electron chi connectivity index (χ0n) is 11.0. The van der Waals surface area contributed by atoms with E-state index in [1.807, 2.05) is 17.8 Å². The van der Waals surface area contributed by atoms with Crippen molar-refractivity contribution in [2.75, 3.05) is 19.6 Å². The van der Waals surface area contributed by atoms with Gasteiger partial charge in [-0.15, -0.1) is 0 Å². The lowest BCUT2D eigenvalue weighted by atomic mass is 9.94. The van der Waals surface area contributed by atoms with Gasteiger partial charge in [-0.2, -0.15) is 0 Å². The summed E-state index contributed by atoms with van der Waals surface area (Å²) in [5, 5.41) is 6.30. The molecule has 1 aliphatic heterocycles. The summed E-state index contributed by atoms with van der Waals surface area (Å²) in [6.07, 6.45) is 7.40. The van der Waals surface area contributed by atoms with Crippen LogP contribution in [-0.2, 0) is 18.3 Å². The largest absolute Gasteiger partial charge is 0.356 e. The predicted octanol–water partition coefficient (Wildman–Crippen LogP) is 0.469. The summed E-state index contributed by atoms with van der Waals surface area (Å²) in [5.41, 5.74) is 0.